The molecule has 6 heteroatoms. The molecule has 5 rings (SSSR count). The third-order valence-electron chi connectivity index (χ3n) is 5.66. The molecule has 21 heavy (non-hydrogen) atoms. The Bertz CT molecular complexity index is 512. The minimum atomic E-state index is 0.0564. The van der Waals surface area contributed by atoms with E-state index in [1.807, 2.05) is 0 Å². The van der Waals surface area contributed by atoms with Crippen LogP contribution in [-0.2, 0) is 17.9 Å². The molecule has 6 nitrogen and oxygen atoms in total. The lowest BCUT2D eigenvalue weighted by atomic mass is 9.54. The Morgan fingerprint density at radius 1 is 1.24 bits per heavy atom. The first-order valence-electron chi connectivity index (χ1n) is 8.09. The van der Waals surface area contributed by atoms with Gasteiger partial charge in [-0.25, -0.2) is 4.68 Å². The van der Waals surface area contributed by atoms with Crippen LogP contribution in [0.4, 0.5) is 0 Å². The van der Waals surface area contributed by atoms with Gasteiger partial charge in [-0.2, -0.15) is 0 Å². The number of carbonyl (C=O) groups is 1. The summed E-state index contributed by atoms with van der Waals surface area (Å²) in [6.07, 6.45) is 8.46. The Morgan fingerprint density at radius 3 is 2.48 bits per heavy atom. The van der Waals surface area contributed by atoms with Crippen LogP contribution in [0.15, 0.2) is 6.20 Å². The van der Waals surface area contributed by atoms with E-state index in [0.717, 1.165) is 17.5 Å². The maximum absolute atomic E-state index is 12.3. The average Bonchev–Trinajstić information content (AvgIpc) is 2.89. The van der Waals surface area contributed by atoms with Crippen LogP contribution in [0.25, 0.3) is 0 Å². The van der Waals surface area contributed by atoms with Gasteiger partial charge in [-0.3, -0.25) is 4.79 Å². The summed E-state index contributed by atoms with van der Waals surface area (Å²) in [5, 5.41) is 11.1. The van der Waals surface area contributed by atoms with Crippen LogP contribution in [0, 0.1) is 23.7 Å². The van der Waals surface area contributed by atoms with Crippen molar-refractivity contribution < 1.29 is 4.79 Å². The molecule has 1 aromatic rings. The normalized spacial score (nSPS) is 36.9. The molecule has 4 aliphatic rings. The molecule has 0 aliphatic heterocycles. The number of carbonyl (C=O) groups excluding carboxylic acids is 1. The summed E-state index contributed by atoms with van der Waals surface area (Å²) < 4.78 is 1.58. The maximum atomic E-state index is 12.3. The van der Waals surface area contributed by atoms with Crippen LogP contribution in [-0.4, -0.2) is 26.9 Å². The highest BCUT2D eigenvalue weighted by atomic mass is 16.2. The predicted octanol–water partition coefficient (Wildman–Crippen LogP) is 0.678. The summed E-state index contributed by atoms with van der Waals surface area (Å²) in [6.45, 7) is 0.604. The van der Waals surface area contributed by atoms with Gasteiger partial charge in [0.05, 0.1) is 11.9 Å². The zero-order chi connectivity index (χ0) is 14.4. The molecular formula is C15H23N5O. The SMILES string of the molecule is NCc1cn(CC(=O)NC2C3CC4CC(C3)CC2C4)nn1. The molecule has 1 aromatic heterocycles. The molecule has 1 heterocycles. The fraction of sp³-hybridized carbons (Fsp3) is 0.800. The van der Waals surface area contributed by atoms with E-state index >= 15 is 0 Å². The van der Waals surface area contributed by atoms with E-state index in [4.69, 9.17) is 5.73 Å². The van der Waals surface area contributed by atoms with Gasteiger partial charge in [-0.15, -0.1) is 5.10 Å². The van der Waals surface area contributed by atoms with Crippen molar-refractivity contribution in [3.8, 4) is 0 Å². The predicted molar refractivity (Wildman–Crippen MR) is 76.9 cm³/mol. The van der Waals surface area contributed by atoms with E-state index in [9.17, 15) is 4.79 Å². The molecular weight excluding hydrogens is 266 g/mol. The smallest absolute Gasteiger partial charge is 0.242 e. The number of nitrogens with zero attached hydrogens (tertiary/aromatic N) is 3. The summed E-state index contributed by atoms with van der Waals surface area (Å²) in [7, 11) is 0. The molecule has 4 aliphatic carbocycles. The highest BCUT2D eigenvalue weighted by Crippen LogP contribution is 2.53. The Hall–Kier alpha value is -1.43. The van der Waals surface area contributed by atoms with E-state index in [1.54, 1.807) is 10.9 Å². The van der Waals surface area contributed by atoms with E-state index in [0.29, 0.717) is 24.4 Å². The van der Waals surface area contributed by atoms with Crippen LogP contribution in [0.5, 0.6) is 0 Å². The summed E-state index contributed by atoms with van der Waals surface area (Å²) in [4.78, 5) is 12.3. The Kier molecular flexibility index (Phi) is 3.21. The minimum absolute atomic E-state index is 0.0564. The largest absolute Gasteiger partial charge is 0.351 e. The number of amides is 1. The van der Waals surface area contributed by atoms with Crippen molar-refractivity contribution in [1.82, 2.24) is 20.3 Å². The molecule has 3 N–H and O–H groups in total. The average molecular weight is 289 g/mol. The highest BCUT2D eigenvalue weighted by Gasteiger charge is 2.48. The zero-order valence-corrected chi connectivity index (χ0v) is 12.2. The van der Waals surface area contributed by atoms with Crippen molar-refractivity contribution in [1.29, 1.82) is 0 Å². The first-order valence-corrected chi connectivity index (χ1v) is 8.09. The molecule has 1 amide bonds. The molecule has 0 spiro atoms. The first kappa shape index (κ1) is 13.2. The zero-order valence-electron chi connectivity index (χ0n) is 12.2. The molecule has 114 valence electrons. The molecule has 4 bridgehead atoms. The number of nitrogens with one attached hydrogen (secondary N) is 1. The number of nitrogens with two attached hydrogens (primary N) is 1. The summed E-state index contributed by atoms with van der Waals surface area (Å²) in [5.41, 5.74) is 6.23. The van der Waals surface area contributed by atoms with E-state index in [2.05, 4.69) is 15.6 Å². The van der Waals surface area contributed by atoms with Gasteiger partial charge in [-0.05, 0) is 55.8 Å². The van der Waals surface area contributed by atoms with Crippen molar-refractivity contribution in [2.45, 2.75) is 51.2 Å². The van der Waals surface area contributed by atoms with Crippen LogP contribution < -0.4 is 11.1 Å². The molecule has 0 saturated heterocycles. The van der Waals surface area contributed by atoms with E-state index in [-0.39, 0.29) is 12.5 Å². The lowest BCUT2D eigenvalue weighted by molar-refractivity contribution is -0.125. The van der Waals surface area contributed by atoms with Gasteiger partial charge in [-0.1, -0.05) is 5.21 Å². The van der Waals surface area contributed by atoms with Gasteiger partial charge in [0.25, 0.3) is 0 Å². The second kappa shape index (κ2) is 5.09. The maximum Gasteiger partial charge on any atom is 0.242 e. The van der Waals surface area contributed by atoms with Crippen LogP contribution in [0.3, 0.4) is 0 Å². The highest BCUT2D eigenvalue weighted by molar-refractivity contribution is 5.76. The molecule has 0 unspecified atom stereocenters. The number of rotatable bonds is 4. The number of hydrogen-bond acceptors (Lipinski definition) is 4. The fourth-order valence-electron chi connectivity index (χ4n) is 5.05. The lowest BCUT2D eigenvalue weighted by Gasteiger charge is -2.54. The van der Waals surface area contributed by atoms with E-state index < -0.39 is 0 Å². The Balaban J connectivity index is 1.38. The fourth-order valence-corrected chi connectivity index (χ4v) is 5.05. The molecule has 0 aromatic carbocycles. The van der Waals surface area contributed by atoms with Crippen LogP contribution >= 0.6 is 0 Å². The summed E-state index contributed by atoms with van der Waals surface area (Å²) >= 11 is 0. The molecule has 0 atom stereocenters. The quantitative estimate of drug-likeness (QED) is 0.853. The minimum Gasteiger partial charge on any atom is -0.351 e. The summed E-state index contributed by atoms with van der Waals surface area (Å²) in [6, 6.07) is 0.391. The van der Waals surface area contributed by atoms with Crippen molar-refractivity contribution in [2.75, 3.05) is 0 Å². The molecule has 4 saturated carbocycles. The second-order valence-corrected chi connectivity index (χ2v) is 7.14. The van der Waals surface area contributed by atoms with Gasteiger partial charge in [0.2, 0.25) is 5.91 Å². The van der Waals surface area contributed by atoms with Crippen LogP contribution in [0.2, 0.25) is 0 Å². The molecule has 4 fully saturated rings. The van der Waals surface area contributed by atoms with Crippen molar-refractivity contribution in [2.24, 2.45) is 29.4 Å². The van der Waals surface area contributed by atoms with Crippen LogP contribution in [0.1, 0.15) is 37.8 Å². The van der Waals surface area contributed by atoms with Crippen molar-refractivity contribution >= 4 is 5.91 Å². The Labute approximate surface area is 124 Å². The van der Waals surface area contributed by atoms with Gasteiger partial charge in [0, 0.05) is 12.6 Å². The number of aromatic nitrogens is 3. The first-order chi connectivity index (χ1) is 10.2. The standard InChI is InChI=1S/C15H23N5O/c16-6-13-7-20(19-18-13)8-14(21)17-15-11-2-9-1-10(4-11)5-12(15)3-9/h7,9-12,15H,1-6,8,16H2,(H,17,21). The van der Waals surface area contributed by atoms with E-state index in [1.165, 1.54) is 32.1 Å². The Morgan fingerprint density at radius 2 is 1.90 bits per heavy atom. The van der Waals surface area contributed by atoms with Crippen molar-refractivity contribution in [3.05, 3.63) is 11.9 Å². The topological polar surface area (TPSA) is 85.8 Å². The van der Waals surface area contributed by atoms with Gasteiger partial charge >= 0.3 is 0 Å². The third-order valence-corrected chi connectivity index (χ3v) is 5.66. The van der Waals surface area contributed by atoms with Gasteiger partial charge < -0.3 is 11.1 Å². The monoisotopic (exact) mass is 289 g/mol. The number of hydrogen-bond donors (Lipinski definition) is 2. The summed E-state index contributed by atoms with van der Waals surface area (Å²) in [5.74, 6) is 3.34. The molecule has 0 radical (unpaired) electrons. The second-order valence-electron chi connectivity index (χ2n) is 7.14. The van der Waals surface area contributed by atoms with Crippen molar-refractivity contribution in [3.63, 3.8) is 0 Å². The van der Waals surface area contributed by atoms with Gasteiger partial charge in [0.15, 0.2) is 0 Å². The van der Waals surface area contributed by atoms with Gasteiger partial charge in [0.1, 0.15) is 6.54 Å². The lowest BCUT2D eigenvalue weighted by Crippen LogP contribution is -2.56. The third kappa shape index (κ3) is 2.46.